The first kappa shape index (κ1) is 12.5. The molecule has 0 bridgehead atoms. The summed E-state index contributed by atoms with van der Waals surface area (Å²) < 4.78 is 42.2. The Morgan fingerprint density at radius 3 is 2.38 bits per heavy atom. The van der Waals surface area contributed by atoms with E-state index in [9.17, 15) is 18.0 Å². The Hall–Kier alpha value is -1.59. The lowest BCUT2D eigenvalue weighted by Crippen LogP contribution is -2.15. The third-order valence-corrected chi connectivity index (χ3v) is 2.08. The Morgan fingerprint density at radius 1 is 1.38 bits per heavy atom. The number of halogens is 3. The topological polar surface area (TPSA) is 39.2 Å². The number of hydrogen-bond donors (Lipinski definition) is 0. The zero-order valence-electron chi connectivity index (χ0n) is 8.97. The molecular weight excluding hydrogens is 223 g/mol. The van der Waals surface area contributed by atoms with Gasteiger partial charge in [-0.1, -0.05) is 0 Å². The minimum atomic E-state index is -4.50. The van der Waals surface area contributed by atoms with Crippen LogP contribution in [-0.2, 0) is 10.9 Å². The maximum Gasteiger partial charge on any atom is 0.416 e. The minimum absolute atomic E-state index is 0.123. The fourth-order valence-corrected chi connectivity index (χ4v) is 1.33. The van der Waals surface area contributed by atoms with E-state index in [1.807, 2.05) is 0 Å². The van der Waals surface area contributed by atoms with Gasteiger partial charge in [0.05, 0.1) is 12.7 Å². The van der Waals surface area contributed by atoms with E-state index in [0.29, 0.717) is 0 Å². The third kappa shape index (κ3) is 2.32. The maximum absolute atomic E-state index is 12.6. The van der Waals surface area contributed by atoms with E-state index < -0.39 is 17.7 Å². The monoisotopic (exact) mass is 233 g/mol. The molecular formula is C10H10F3NO2. The summed E-state index contributed by atoms with van der Waals surface area (Å²) in [5, 5.41) is 0. The van der Waals surface area contributed by atoms with Crippen LogP contribution in [0, 0.1) is 13.8 Å². The molecule has 1 aromatic rings. The van der Waals surface area contributed by atoms with Crippen LogP contribution in [0.2, 0.25) is 0 Å². The number of nitrogens with zero attached hydrogens (tertiary/aromatic N) is 1. The highest BCUT2D eigenvalue weighted by atomic mass is 19.4. The molecule has 0 unspecified atom stereocenters. The van der Waals surface area contributed by atoms with Crippen molar-refractivity contribution in [3.63, 3.8) is 0 Å². The van der Waals surface area contributed by atoms with Crippen molar-refractivity contribution in [1.29, 1.82) is 0 Å². The van der Waals surface area contributed by atoms with E-state index in [-0.39, 0.29) is 17.0 Å². The smallest absolute Gasteiger partial charge is 0.416 e. The molecule has 0 aromatic carbocycles. The van der Waals surface area contributed by atoms with Gasteiger partial charge >= 0.3 is 12.1 Å². The van der Waals surface area contributed by atoms with Crippen LogP contribution in [-0.4, -0.2) is 18.1 Å². The van der Waals surface area contributed by atoms with E-state index in [2.05, 4.69) is 9.72 Å². The van der Waals surface area contributed by atoms with Crippen LogP contribution in [0.15, 0.2) is 6.07 Å². The number of rotatable bonds is 1. The molecule has 6 heteroatoms. The van der Waals surface area contributed by atoms with Crippen molar-refractivity contribution in [2.45, 2.75) is 20.0 Å². The van der Waals surface area contributed by atoms with Crippen molar-refractivity contribution in [1.82, 2.24) is 4.98 Å². The van der Waals surface area contributed by atoms with E-state index in [4.69, 9.17) is 0 Å². The van der Waals surface area contributed by atoms with Crippen LogP contribution in [0.4, 0.5) is 13.2 Å². The molecule has 1 heterocycles. The predicted octanol–water partition coefficient (Wildman–Crippen LogP) is 2.50. The highest BCUT2D eigenvalue weighted by Gasteiger charge is 2.34. The highest BCUT2D eigenvalue weighted by molar-refractivity contribution is 5.89. The predicted molar refractivity (Wildman–Crippen MR) is 50.1 cm³/mol. The van der Waals surface area contributed by atoms with Crippen molar-refractivity contribution in [2.75, 3.05) is 7.11 Å². The normalized spacial score (nSPS) is 11.4. The van der Waals surface area contributed by atoms with E-state index in [1.54, 1.807) is 0 Å². The molecule has 0 amide bonds. The van der Waals surface area contributed by atoms with Gasteiger partial charge in [0.15, 0.2) is 5.69 Å². The largest absolute Gasteiger partial charge is 0.464 e. The van der Waals surface area contributed by atoms with Gasteiger partial charge in [-0.3, -0.25) is 0 Å². The number of aromatic nitrogens is 1. The van der Waals surface area contributed by atoms with Crippen LogP contribution in [0.3, 0.4) is 0 Å². The lowest BCUT2D eigenvalue weighted by Gasteiger charge is -2.13. The first-order valence-corrected chi connectivity index (χ1v) is 4.41. The molecule has 1 aromatic heterocycles. The van der Waals surface area contributed by atoms with Gasteiger partial charge in [0, 0.05) is 5.69 Å². The van der Waals surface area contributed by atoms with E-state index >= 15 is 0 Å². The second-order valence-electron chi connectivity index (χ2n) is 3.27. The SMILES string of the molecule is COC(=O)c1nc(C)cc(C(F)(F)F)c1C. The maximum atomic E-state index is 12.6. The zero-order chi connectivity index (χ0) is 12.5. The third-order valence-electron chi connectivity index (χ3n) is 2.08. The van der Waals surface area contributed by atoms with Gasteiger partial charge in [-0.2, -0.15) is 13.2 Å². The number of ether oxygens (including phenoxy) is 1. The molecule has 16 heavy (non-hydrogen) atoms. The fraction of sp³-hybridized carbons (Fsp3) is 0.400. The van der Waals surface area contributed by atoms with Crippen LogP contribution in [0.25, 0.3) is 0 Å². The molecule has 1 rings (SSSR count). The number of carbonyl (C=O) groups is 1. The van der Waals surface area contributed by atoms with Crippen molar-refractivity contribution < 1.29 is 22.7 Å². The summed E-state index contributed by atoms with van der Waals surface area (Å²) >= 11 is 0. The number of esters is 1. The van der Waals surface area contributed by atoms with Gasteiger partial charge in [-0.25, -0.2) is 9.78 Å². The summed E-state index contributed by atoms with van der Waals surface area (Å²) in [6.07, 6.45) is -4.50. The second kappa shape index (κ2) is 4.11. The zero-order valence-corrected chi connectivity index (χ0v) is 8.97. The van der Waals surface area contributed by atoms with Gasteiger partial charge in [0.2, 0.25) is 0 Å². The lowest BCUT2D eigenvalue weighted by atomic mass is 10.1. The fourth-order valence-electron chi connectivity index (χ4n) is 1.33. The summed E-state index contributed by atoms with van der Waals surface area (Å²) in [4.78, 5) is 15.0. The lowest BCUT2D eigenvalue weighted by molar-refractivity contribution is -0.138. The first-order valence-electron chi connectivity index (χ1n) is 4.41. The van der Waals surface area contributed by atoms with E-state index in [0.717, 1.165) is 13.2 Å². The highest BCUT2D eigenvalue weighted by Crippen LogP contribution is 2.33. The Labute approximate surface area is 90.2 Å². The van der Waals surface area contributed by atoms with Gasteiger partial charge in [-0.15, -0.1) is 0 Å². The Kier molecular flexibility index (Phi) is 3.21. The second-order valence-corrected chi connectivity index (χ2v) is 3.27. The van der Waals surface area contributed by atoms with Crippen LogP contribution in [0.1, 0.15) is 27.3 Å². The summed E-state index contributed by atoms with van der Waals surface area (Å²) in [7, 11) is 1.10. The summed E-state index contributed by atoms with van der Waals surface area (Å²) in [5.74, 6) is -0.869. The van der Waals surface area contributed by atoms with Crippen molar-refractivity contribution >= 4 is 5.97 Å². The van der Waals surface area contributed by atoms with Crippen LogP contribution < -0.4 is 0 Å². The summed E-state index contributed by atoms with van der Waals surface area (Å²) in [6, 6.07) is 0.905. The molecule has 3 nitrogen and oxygen atoms in total. The number of pyridine rings is 1. The average Bonchev–Trinajstić information content (AvgIpc) is 2.18. The van der Waals surface area contributed by atoms with Crippen molar-refractivity contribution in [3.8, 4) is 0 Å². The van der Waals surface area contributed by atoms with Gasteiger partial charge in [0.1, 0.15) is 0 Å². The molecule has 0 radical (unpaired) electrons. The van der Waals surface area contributed by atoms with Gasteiger partial charge < -0.3 is 4.74 Å². The Balaban J connectivity index is 3.44. The standard InChI is InChI=1S/C10H10F3NO2/c1-5-4-7(10(11,12)13)6(2)8(14-5)9(15)16-3/h4H,1-3H3. The molecule has 0 aliphatic rings. The Morgan fingerprint density at radius 2 is 1.94 bits per heavy atom. The van der Waals surface area contributed by atoms with Crippen LogP contribution in [0.5, 0.6) is 0 Å². The number of methoxy groups -OCH3 is 1. The molecule has 0 aliphatic heterocycles. The molecule has 0 saturated heterocycles. The van der Waals surface area contributed by atoms with Crippen molar-refractivity contribution in [3.05, 3.63) is 28.6 Å². The van der Waals surface area contributed by atoms with Gasteiger partial charge in [-0.05, 0) is 25.5 Å². The van der Waals surface area contributed by atoms with Crippen LogP contribution >= 0.6 is 0 Å². The molecule has 0 saturated carbocycles. The number of alkyl halides is 3. The summed E-state index contributed by atoms with van der Waals surface area (Å²) in [6.45, 7) is 2.59. The van der Waals surface area contributed by atoms with Crippen molar-refractivity contribution in [2.24, 2.45) is 0 Å². The number of carbonyl (C=O) groups excluding carboxylic acids is 1. The number of hydrogen-bond acceptors (Lipinski definition) is 3. The Bertz CT molecular complexity index is 427. The number of aryl methyl sites for hydroxylation is 1. The van der Waals surface area contributed by atoms with Gasteiger partial charge in [0.25, 0.3) is 0 Å². The van der Waals surface area contributed by atoms with E-state index in [1.165, 1.54) is 13.8 Å². The quantitative estimate of drug-likeness (QED) is 0.699. The molecule has 0 aliphatic carbocycles. The molecule has 88 valence electrons. The summed E-state index contributed by atoms with van der Waals surface area (Å²) in [5.41, 5.74) is -1.25. The molecule has 0 spiro atoms. The minimum Gasteiger partial charge on any atom is -0.464 e. The molecule has 0 atom stereocenters. The average molecular weight is 233 g/mol. The first-order chi connectivity index (χ1) is 7.27. The molecule has 0 fully saturated rings. The molecule has 0 N–H and O–H groups in total.